The predicted molar refractivity (Wildman–Crippen MR) is 75.7 cm³/mol. The Morgan fingerprint density at radius 2 is 2.24 bits per heavy atom. The Morgan fingerprint density at radius 1 is 1.48 bits per heavy atom. The van der Waals surface area contributed by atoms with E-state index < -0.39 is 13.9 Å². The molecule has 0 aromatic carbocycles. The van der Waals surface area contributed by atoms with Crippen LogP contribution in [0.15, 0.2) is 4.79 Å². The van der Waals surface area contributed by atoms with Crippen molar-refractivity contribution in [1.29, 1.82) is 0 Å². The molecule has 0 unspecified atom stereocenters. The molecule has 21 heavy (non-hydrogen) atoms. The van der Waals surface area contributed by atoms with Crippen LogP contribution in [-0.4, -0.2) is 45.9 Å². The van der Waals surface area contributed by atoms with Gasteiger partial charge in [-0.05, 0) is 0 Å². The molecular weight excluding hydrogens is 301 g/mol. The Hall–Kier alpha value is -2.05. The van der Waals surface area contributed by atoms with Gasteiger partial charge in [0.2, 0.25) is 5.95 Å². The Kier molecular flexibility index (Phi) is 4.50. The van der Waals surface area contributed by atoms with Crippen LogP contribution in [0.2, 0.25) is 0 Å². The van der Waals surface area contributed by atoms with Crippen LogP contribution in [0.1, 0.15) is 0 Å². The fourth-order valence-electron chi connectivity index (χ4n) is 1.66. The normalized spacial score (nSPS) is 13.3. The molecule has 0 saturated carbocycles. The third-order valence-corrected chi connectivity index (χ3v) is 3.01. The van der Waals surface area contributed by atoms with Gasteiger partial charge >= 0.3 is 7.60 Å². The van der Waals surface area contributed by atoms with Crippen molar-refractivity contribution < 1.29 is 19.1 Å². The second-order valence-corrected chi connectivity index (χ2v) is 5.77. The first-order valence-corrected chi connectivity index (χ1v) is 7.63. The zero-order valence-electron chi connectivity index (χ0n) is 10.9. The summed E-state index contributed by atoms with van der Waals surface area (Å²) in [5, 5.41) is 2.88. The van der Waals surface area contributed by atoms with Gasteiger partial charge in [0.25, 0.3) is 5.56 Å². The molecule has 2 heterocycles. The molecule has 0 radical (unpaired) electrons. The van der Waals surface area contributed by atoms with Gasteiger partial charge in [0, 0.05) is 0 Å². The van der Waals surface area contributed by atoms with Gasteiger partial charge in [0.15, 0.2) is 5.82 Å². The van der Waals surface area contributed by atoms with Gasteiger partial charge < -0.3 is 30.5 Å². The predicted octanol–water partition coefficient (Wildman–Crippen LogP) is -1.30. The number of nitrogens with two attached hydrogens (primary N) is 1. The summed E-state index contributed by atoms with van der Waals surface area (Å²) in [6.45, 7) is 0.548. The van der Waals surface area contributed by atoms with E-state index in [0.717, 1.165) is 0 Å². The lowest BCUT2D eigenvalue weighted by molar-refractivity contribution is 0.189. The summed E-state index contributed by atoms with van der Waals surface area (Å²) < 4.78 is 15.2. The quantitative estimate of drug-likeness (QED) is 0.259. The molecule has 0 spiro atoms. The minimum atomic E-state index is -4.16. The molecule has 0 saturated heterocycles. The monoisotopic (exact) mass is 315 g/mol. The molecule has 0 bridgehead atoms. The first-order chi connectivity index (χ1) is 9.87. The van der Waals surface area contributed by atoms with Gasteiger partial charge in [-0.3, -0.25) is 14.3 Å². The highest BCUT2D eigenvalue weighted by Crippen LogP contribution is 2.33. The maximum Gasteiger partial charge on any atom is 0.351 e. The van der Waals surface area contributed by atoms with Gasteiger partial charge in [0.05, 0.1) is 13.2 Å². The molecule has 0 amide bonds. The summed E-state index contributed by atoms with van der Waals surface area (Å²) in [6, 6.07) is 0. The molecular formula is C10H14N5O5P. The SMILES string of the molecule is Nc1nc2c(c(=O)[nH]1)NCN2CC#CCOCP(=O)(O)O. The molecule has 1 aliphatic rings. The van der Waals surface area contributed by atoms with E-state index in [2.05, 4.69) is 27.1 Å². The zero-order chi connectivity index (χ0) is 15.5. The molecule has 114 valence electrons. The molecule has 0 atom stereocenters. The third-order valence-electron chi connectivity index (χ3n) is 2.49. The van der Waals surface area contributed by atoms with Crippen molar-refractivity contribution in [2.24, 2.45) is 0 Å². The molecule has 6 N–H and O–H groups in total. The number of aromatic amines is 1. The highest BCUT2D eigenvalue weighted by Gasteiger charge is 2.22. The highest BCUT2D eigenvalue weighted by atomic mass is 31.2. The van der Waals surface area contributed by atoms with E-state index in [1.54, 1.807) is 4.90 Å². The number of hydrogen-bond acceptors (Lipinski definition) is 7. The van der Waals surface area contributed by atoms with Gasteiger partial charge in [-0.15, -0.1) is 0 Å². The largest absolute Gasteiger partial charge is 0.369 e. The number of rotatable bonds is 4. The van der Waals surface area contributed by atoms with E-state index in [0.29, 0.717) is 18.2 Å². The number of anilines is 3. The number of nitrogen functional groups attached to an aromatic ring is 1. The van der Waals surface area contributed by atoms with Crippen molar-refractivity contribution >= 4 is 25.0 Å². The smallest absolute Gasteiger partial charge is 0.351 e. The van der Waals surface area contributed by atoms with Crippen LogP contribution < -0.4 is 21.5 Å². The summed E-state index contributed by atoms with van der Waals surface area (Å²) in [4.78, 5) is 36.9. The Labute approximate surface area is 119 Å². The van der Waals surface area contributed by atoms with Crippen molar-refractivity contribution in [2.45, 2.75) is 0 Å². The van der Waals surface area contributed by atoms with Gasteiger partial charge in [-0.1, -0.05) is 11.8 Å². The maximum atomic E-state index is 11.6. The average molecular weight is 315 g/mol. The molecule has 0 aliphatic carbocycles. The molecule has 2 rings (SSSR count). The van der Waals surface area contributed by atoms with Gasteiger partial charge in [-0.25, -0.2) is 0 Å². The first kappa shape index (κ1) is 15.3. The van der Waals surface area contributed by atoms with Crippen LogP contribution in [0.5, 0.6) is 0 Å². The minimum absolute atomic E-state index is 0.0189. The second-order valence-electron chi connectivity index (χ2n) is 4.18. The van der Waals surface area contributed by atoms with E-state index in [4.69, 9.17) is 20.3 Å². The minimum Gasteiger partial charge on any atom is -0.369 e. The zero-order valence-corrected chi connectivity index (χ0v) is 11.8. The summed E-state index contributed by atoms with van der Waals surface area (Å²) in [7, 11) is -4.16. The summed E-state index contributed by atoms with van der Waals surface area (Å²) in [6.07, 6.45) is -0.663. The molecule has 0 fully saturated rings. The number of nitrogens with one attached hydrogen (secondary N) is 2. The van der Waals surface area contributed by atoms with E-state index in [9.17, 15) is 9.36 Å². The number of hydrogen-bond donors (Lipinski definition) is 5. The van der Waals surface area contributed by atoms with E-state index in [-0.39, 0.29) is 24.7 Å². The lowest BCUT2D eigenvalue weighted by Crippen LogP contribution is -2.23. The van der Waals surface area contributed by atoms with Crippen LogP contribution in [0.4, 0.5) is 17.5 Å². The van der Waals surface area contributed by atoms with Gasteiger partial charge in [-0.2, -0.15) is 4.98 Å². The number of nitrogens with zero attached hydrogens (tertiary/aromatic N) is 2. The highest BCUT2D eigenvalue weighted by molar-refractivity contribution is 7.51. The first-order valence-electron chi connectivity index (χ1n) is 5.83. The maximum absolute atomic E-state index is 11.6. The van der Waals surface area contributed by atoms with Crippen molar-refractivity contribution in [3.8, 4) is 11.8 Å². The Morgan fingerprint density at radius 3 is 2.95 bits per heavy atom. The Bertz CT molecular complexity index is 687. The van der Waals surface area contributed by atoms with E-state index in [1.165, 1.54) is 0 Å². The molecule has 11 heteroatoms. The number of H-pyrrole nitrogens is 1. The van der Waals surface area contributed by atoms with Crippen LogP contribution in [0, 0.1) is 11.8 Å². The van der Waals surface area contributed by atoms with Crippen molar-refractivity contribution in [2.75, 3.05) is 42.1 Å². The molecule has 1 aliphatic heterocycles. The summed E-state index contributed by atoms with van der Waals surface area (Å²) in [5.74, 6) is 5.81. The fourth-order valence-corrected chi connectivity index (χ4v) is 1.99. The average Bonchev–Trinajstić information content (AvgIpc) is 2.75. The third kappa shape index (κ3) is 4.21. The van der Waals surface area contributed by atoms with Crippen LogP contribution in [-0.2, 0) is 9.30 Å². The second kappa shape index (κ2) is 6.15. The number of ether oxygens (including phenoxy) is 1. The molecule has 1 aromatic heterocycles. The molecule has 10 nitrogen and oxygen atoms in total. The Balaban J connectivity index is 1.90. The van der Waals surface area contributed by atoms with Crippen molar-refractivity contribution in [3.63, 3.8) is 0 Å². The van der Waals surface area contributed by atoms with Crippen molar-refractivity contribution in [3.05, 3.63) is 10.4 Å². The number of fused-ring (bicyclic) bond motifs is 1. The lowest BCUT2D eigenvalue weighted by Gasteiger charge is -2.12. The lowest BCUT2D eigenvalue weighted by atomic mass is 10.4. The van der Waals surface area contributed by atoms with Crippen LogP contribution in [0.25, 0.3) is 0 Å². The number of aromatic nitrogens is 2. The van der Waals surface area contributed by atoms with Crippen molar-refractivity contribution in [1.82, 2.24) is 9.97 Å². The summed E-state index contributed by atoms with van der Waals surface area (Å²) in [5.41, 5.74) is 5.47. The van der Waals surface area contributed by atoms with E-state index >= 15 is 0 Å². The van der Waals surface area contributed by atoms with E-state index in [1.807, 2.05) is 0 Å². The fraction of sp³-hybridized carbons (Fsp3) is 0.400. The van der Waals surface area contributed by atoms with Crippen LogP contribution in [0.3, 0.4) is 0 Å². The molecule has 1 aromatic rings. The summed E-state index contributed by atoms with van der Waals surface area (Å²) >= 11 is 0. The topological polar surface area (TPSA) is 154 Å². The van der Waals surface area contributed by atoms with Gasteiger partial charge in [0.1, 0.15) is 18.6 Å². The standard InChI is InChI=1S/C10H14N5O5P/c11-10-13-8-7(9(16)14-10)12-5-15(8)3-1-2-4-20-6-21(17,18)19/h12H,3-6H2,(H2,17,18,19)(H3,11,13,14,16). The van der Waals surface area contributed by atoms with Crippen LogP contribution >= 0.6 is 7.60 Å².